The fourth-order valence-corrected chi connectivity index (χ4v) is 2.49. The third-order valence-corrected chi connectivity index (χ3v) is 3.65. The van der Waals surface area contributed by atoms with E-state index in [0.717, 1.165) is 5.56 Å². The van der Waals surface area contributed by atoms with Crippen LogP contribution in [0.4, 0.5) is 5.69 Å². The standard InChI is InChI=1S/C16H20N2O5/c1-9(11-4-3-5-12(8-11)18-10(2)19)17-15(20)13-6-7-14(23-13)16(21)22/h3-5,8-9,13-14H,6-7H2,1-2H3,(H,17,20)(H,18,19)(H,21,22)/t9?,13-,14+/m0/s1. The molecule has 2 amide bonds. The summed E-state index contributed by atoms with van der Waals surface area (Å²) in [7, 11) is 0. The summed E-state index contributed by atoms with van der Waals surface area (Å²) in [5, 5.41) is 14.4. The summed E-state index contributed by atoms with van der Waals surface area (Å²) < 4.78 is 5.23. The minimum Gasteiger partial charge on any atom is -0.479 e. The molecule has 1 aliphatic heterocycles. The number of benzene rings is 1. The van der Waals surface area contributed by atoms with Gasteiger partial charge in [-0.25, -0.2) is 4.79 Å². The summed E-state index contributed by atoms with van der Waals surface area (Å²) in [6, 6.07) is 6.88. The Labute approximate surface area is 134 Å². The number of hydrogen-bond acceptors (Lipinski definition) is 4. The summed E-state index contributed by atoms with van der Waals surface area (Å²) >= 11 is 0. The highest BCUT2D eigenvalue weighted by molar-refractivity contribution is 5.88. The predicted octanol–water partition coefficient (Wildman–Crippen LogP) is 1.45. The number of amides is 2. The summed E-state index contributed by atoms with van der Waals surface area (Å²) in [6.07, 6.45) is -0.928. The summed E-state index contributed by atoms with van der Waals surface area (Å²) in [5.41, 5.74) is 1.48. The molecule has 124 valence electrons. The van der Waals surface area contributed by atoms with Gasteiger partial charge in [0.05, 0.1) is 6.04 Å². The Hall–Kier alpha value is -2.41. The molecule has 23 heavy (non-hydrogen) atoms. The Bertz CT molecular complexity index is 616. The van der Waals surface area contributed by atoms with Gasteiger partial charge in [-0.1, -0.05) is 12.1 Å². The molecule has 0 aliphatic carbocycles. The zero-order valence-corrected chi connectivity index (χ0v) is 13.0. The number of carboxylic acid groups (broad SMARTS) is 1. The van der Waals surface area contributed by atoms with E-state index in [4.69, 9.17) is 9.84 Å². The van der Waals surface area contributed by atoms with Crippen LogP contribution in [0.25, 0.3) is 0 Å². The van der Waals surface area contributed by atoms with Crippen LogP contribution in [0, 0.1) is 0 Å². The Balaban J connectivity index is 1.96. The highest BCUT2D eigenvalue weighted by atomic mass is 16.5. The first-order valence-electron chi connectivity index (χ1n) is 7.43. The van der Waals surface area contributed by atoms with Crippen molar-refractivity contribution in [3.8, 4) is 0 Å². The molecule has 0 saturated carbocycles. The maximum atomic E-state index is 12.2. The molecule has 1 saturated heterocycles. The van der Waals surface area contributed by atoms with E-state index in [2.05, 4.69) is 10.6 Å². The number of carbonyl (C=O) groups is 3. The van der Waals surface area contributed by atoms with Crippen molar-refractivity contribution in [2.45, 2.75) is 44.9 Å². The number of aliphatic carboxylic acids is 1. The number of ether oxygens (including phenoxy) is 1. The molecule has 1 aromatic carbocycles. The third-order valence-electron chi connectivity index (χ3n) is 3.65. The predicted molar refractivity (Wildman–Crippen MR) is 82.8 cm³/mol. The van der Waals surface area contributed by atoms with Gasteiger partial charge in [-0.2, -0.15) is 0 Å². The minimum atomic E-state index is -1.05. The van der Waals surface area contributed by atoms with E-state index < -0.39 is 18.2 Å². The molecule has 1 heterocycles. The van der Waals surface area contributed by atoms with E-state index in [-0.39, 0.29) is 17.9 Å². The average Bonchev–Trinajstić information content (AvgIpc) is 2.97. The molecule has 2 rings (SSSR count). The van der Waals surface area contributed by atoms with Crippen LogP contribution in [0.5, 0.6) is 0 Å². The van der Waals surface area contributed by atoms with Crippen LogP contribution in [0.2, 0.25) is 0 Å². The lowest BCUT2D eigenvalue weighted by Crippen LogP contribution is -2.37. The molecule has 1 aromatic rings. The Morgan fingerprint density at radius 2 is 1.96 bits per heavy atom. The van der Waals surface area contributed by atoms with Gasteiger partial charge in [0.15, 0.2) is 6.10 Å². The maximum Gasteiger partial charge on any atom is 0.332 e. The zero-order valence-electron chi connectivity index (χ0n) is 13.0. The van der Waals surface area contributed by atoms with Crippen LogP contribution in [0.15, 0.2) is 24.3 Å². The van der Waals surface area contributed by atoms with Crippen molar-refractivity contribution in [3.63, 3.8) is 0 Å². The Kier molecular flexibility index (Phi) is 5.33. The topological polar surface area (TPSA) is 105 Å². The molecule has 0 spiro atoms. The number of carboxylic acids is 1. The molecular weight excluding hydrogens is 300 g/mol. The SMILES string of the molecule is CC(=O)Nc1cccc(C(C)NC(=O)[C@@H]2CC[C@H](C(=O)O)O2)c1. The summed E-state index contributed by atoms with van der Waals surface area (Å²) in [6.45, 7) is 3.24. The van der Waals surface area contributed by atoms with Crippen molar-refractivity contribution in [1.82, 2.24) is 5.32 Å². The number of hydrogen-bond donors (Lipinski definition) is 3. The van der Waals surface area contributed by atoms with Gasteiger partial charge in [0, 0.05) is 12.6 Å². The molecule has 3 atom stereocenters. The Morgan fingerprint density at radius 3 is 2.57 bits per heavy atom. The molecule has 1 fully saturated rings. The van der Waals surface area contributed by atoms with Gasteiger partial charge in [-0.05, 0) is 37.5 Å². The van der Waals surface area contributed by atoms with Crippen molar-refractivity contribution < 1.29 is 24.2 Å². The number of rotatable bonds is 5. The molecule has 7 nitrogen and oxygen atoms in total. The minimum absolute atomic E-state index is 0.169. The van der Waals surface area contributed by atoms with E-state index in [1.54, 1.807) is 18.2 Å². The van der Waals surface area contributed by atoms with Crippen LogP contribution < -0.4 is 10.6 Å². The lowest BCUT2D eigenvalue weighted by molar-refractivity contribution is -0.151. The van der Waals surface area contributed by atoms with Gasteiger partial charge in [0.2, 0.25) is 11.8 Å². The maximum absolute atomic E-state index is 12.2. The largest absolute Gasteiger partial charge is 0.479 e. The normalized spacial score (nSPS) is 21.5. The fraction of sp³-hybridized carbons (Fsp3) is 0.438. The second-order valence-corrected chi connectivity index (χ2v) is 5.57. The second kappa shape index (κ2) is 7.23. The average molecular weight is 320 g/mol. The van der Waals surface area contributed by atoms with E-state index in [0.29, 0.717) is 18.5 Å². The van der Waals surface area contributed by atoms with Crippen LogP contribution in [-0.4, -0.2) is 35.1 Å². The monoisotopic (exact) mass is 320 g/mol. The molecule has 0 aromatic heterocycles. The van der Waals surface area contributed by atoms with Crippen LogP contribution >= 0.6 is 0 Å². The molecule has 7 heteroatoms. The van der Waals surface area contributed by atoms with Crippen LogP contribution in [-0.2, 0) is 19.1 Å². The lowest BCUT2D eigenvalue weighted by Gasteiger charge is -2.18. The molecule has 1 unspecified atom stereocenters. The number of carbonyl (C=O) groups excluding carboxylic acids is 2. The first-order chi connectivity index (χ1) is 10.9. The second-order valence-electron chi connectivity index (χ2n) is 5.57. The van der Waals surface area contributed by atoms with Crippen molar-refractivity contribution in [2.75, 3.05) is 5.32 Å². The van der Waals surface area contributed by atoms with E-state index >= 15 is 0 Å². The van der Waals surface area contributed by atoms with Gasteiger partial charge in [0.25, 0.3) is 0 Å². The molecular formula is C16H20N2O5. The van der Waals surface area contributed by atoms with E-state index in [1.165, 1.54) is 6.92 Å². The van der Waals surface area contributed by atoms with Crippen molar-refractivity contribution in [2.24, 2.45) is 0 Å². The Morgan fingerprint density at radius 1 is 1.26 bits per heavy atom. The highest BCUT2D eigenvalue weighted by Crippen LogP contribution is 2.22. The quantitative estimate of drug-likeness (QED) is 0.762. The fourth-order valence-electron chi connectivity index (χ4n) is 2.49. The molecule has 3 N–H and O–H groups in total. The summed E-state index contributed by atoms with van der Waals surface area (Å²) in [4.78, 5) is 34.1. The van der Waals surface area contributed by atoms with Gasteiger partial charge in [0.1, 0.15) is 6.10 Å². The van der Waals surface area contributed by atoms with Gasteiger partial charge >= 0.3 is 5.97 Å². The third kappa shape index (κ3) is 4.53. The van der Waals surface area contributed by atoms with Crippen LogP contribution in [0.1, 0.15) is 38.3 Å². The van der Waals surface area contributed by atoms with Crippen molar-refractivity contribution in [1.29, 1.82) is 0 Å². The first-order valence-corrected chi connectivity index (χ1v) is 7.43. The van der Waals surface area contributed by atoms with Gasteiger partial charge in [-0.3, -0.25) is 9.59 Å². The van der Waals surface area contributed by atoms with Crippen LogP contribution in [0.3, 0.4) is 0 Å². The molecule has 0 bridgehead atoms. The first kappa shape index (κ1) is 17.0. The van der Waals surface area contributed by atoms with Crippen molar-refractivity contribution in [3.05, 3.63) is 29.8 Å². The lowest BCUT2D eigenvalue weighted by atomic mass is 10.1. The van der Waals surface area contributed by atoms with E-state index in [1.807, 2.05) is 13.0 Å². The van der Waals surface area contributed by atoms with Crippen molar-refractivity contribution >= 4 is 23.5 Å². The van der Waals surface area contributed by atoms with Gasteiger partial charge in [-0.15, -0.1) is 0 Å². The molecule has 1 aliphatic rings. The molecule has 0 radical (unpaired) electrons. The van der Waals surface area contributed by atoms with E-state index in [9.17, 15) is 14.4 Å². The summed E-state index contributed by atoms with van der Waals surface area (Å²) in [5.74, 6) is -1.54. The van der Waals surface area contributed by atoms with Gasteiger partial charge < -0.3 is 20.5 Å². The number of nitrogens with one attached hydrogen (secondary N) is 2. The number of anilines is 1. The highest BCUT2D eigenvalue weighted by Gasteiger charge is 2.35. The smallest absolute Gasteiger partial charge is 0.332 e. The zero-order chi connectivity index (χ0) is 17.0.